The minimum absolute atomic E-state index is 0.0188. The van der Waals surface area contributed by atoms with Gasteiger partial charge < -0.3 is 14.8 Å². The lowest BCUT2D eigenvalue weighted by atomic mass is 9.99. The Hall–Kier alpha value is -1.39. The third-order valence-electron chi connectivity index (χ3n) is 3.15. The molecule has 0 radical (unpaired) electrons. The molecule has 0 fully saturated rings. The molecule has 112 valence electrons. The average molecular weight is 279 g/mol. The highest BCUT2D eigenvalue weighted by molar-refractivity contribution is 5.77. The summed E-state index contributed by atoms with van der Waals surface area (Å²) in [6.07, 6.45) is 0. The molecule has 0 aliphatic carbocycles. The van der Waals surface area contributed by atoms with Crippen molar-refractivity contribution >= 4 is 5.91 Å². The second kappa shape index (κ2) is 8.72. The molecule has 0 bridgehead atoms. The molecule has 4 heteroatoms. The summed E-state index contributed by atoms with van der Waals surface area (Å²) in [6, 6.07) is 8.32. The lowest BCUT2D eigenvalue weighted by molar-refractivity contribution is -0.126. The molecule has 0 heterocycles. The normalized spacial score (nSPS) is 12.4. The first kappa shape index (κ1) is 16.7. The average Bonchev–Trinajstić information content (AvgIpc) is 2.43. The summed E-state index contributed by atoms with van der Waals surface area (Å²) in [7, 11) is 1.60. The second-order valence-electron chi connectivity index (χ2n) is 5.16. The van der Waals surface area contributed by atoms with Gasteiger partial charge in [-0.1, -0.05) is 38.1 Å². The molecule has 20 heavy (non-hydrogen) atoms. The van der Waals surface area contributed by atoms with E-state index in [-0.39, 0.29) is 18.6 Å². The van der Waals surface area contributed by atoms with Gasteiger partial charge in [-0.2, -0.15) is 0 Å². The van der Waals surface area contributed by atoms with E-state index in [1.807, 2.05) is 6.92 Å². The fourth-order valence-electron chi connectivity index (χ4n) is 1.84. The summed E-state index contributed by atoms with van der Waals surface area (Å²) >= 11 is 0. The van der Waals surface area contributed by atoms with Crippen LogP contribution in [0.3, 0.4) is 0 Å². The van der Waals surface area contributed by atoms with Crippen LogP contribution >= 0.6 is 0 Å². The van der Waals surface area contributed by atoms with Gasteiger partial charge in [-0.15, -0.1) is 0 Å². The van der Waals surface area contributed by atoms with Crippen molar-refractivity contribution in [3.8, 4) is 0 Å². The Labute approximate surface area is 121 Å². The maximum absolute atomic E-state index is 11.7. The number of nitrogens with one attached hydrogen (secondary N) is 1. The van der Waals surface area contributed by atoms with Crippen molar-refractivity contribution in [2.24, 2.45) is 0 Å². The van der Waals surface area contributed by atoms with Crippen LogP contribution in [0.15, 0.2) is 24.3 Å². The van der Waals surface area contributed by atoms with Crippen LogP contribution in [0.1, 0.15) is 43.9 Å². The minimum atomic E-state index is -0.110. The van der Waals surface area contributed by atoms with Crippen LogP contribution in [-0.4, -0.2) is 32.8 Å². The highest BCUT2D eigenvalue weighted by atomic mass is 16.5. The molecule has 1 rings (SSSR count). The zero-order valence-corrected chi connectivity index (χ0v) is 12.8. The summed E-state index contributed by atoms with van der Waals surface area (Å²) in [6.45, 7) is 7.30. The number of methoxy groups -OCH3 is 1. The number of carbonyl (C=O) groups is 1. The van der Waals surface area contributed by atoms with Crippen LogP contribution in [0.2, 0.25) is 0 Å². The lowest BCUT2D eigenvalue weighted by Gasteiger charge is -2.15. The molecule has 1 unspecified atom stereocenters. The number of benzene rings is 1. The molecule has 0 saturated heterocycles. The van der Waals surface area contributed by atoms with Crippen molar-refractivity contribution in [2.75, 3.05) is 26.9 Å². The van der Waals surface area contributed by atoms with Gasteiger partial charge in [0.1, 0.15) is 6.61 Å². The molecule has 0 saturated carbocycles. The van der Waals surface area contributed by atoms with Gasteiger partial charge in [-0.05, 0) is 24.0 Å². The first-order chi connectivity index (χ1) is 9.54. The van der Waals surface area contributed by atoms with E-state index in [4.69, 9.17) is 9.47 Å². The van der Waals surface area contributed by atoms with Crippen molar-refractivity contribution in [1.29, 1.82) is 0 Å². The molecule has 4 nitrogen and oxygen atoms in total. The Kier molecular flexibility index (Phi) is 7.26. The largest absolute Gasteiger partial charge is 0.382 e. The Morgan fingerprint density at radius 3 is 2.25 bits per heavy atom. The molecule has 0 aromatic heterocycles. The molecule has 1 N–H and O–H groups in total. The third kappa shape index (κ3) is 5.72. The molecule has 1 aromatic rings. The van der Waals surface area contributed by atoms with E-state index in [9.17, 15) is 4.79 Å². The summed E-state index contributed by atoms with van der Waals surface area (Å²) in [5.74, 6) is 0.407. The quantitative estimate of drug-likeness (QED) is 0.744. The topological polar surface area (TPSA) is 47.6 Å². The predicted octanol–water partition coefficient (Wildman–Crippen LogP) is 2.65. The lowest BCUT2D eigenvalue weighted by Crippen LogP contribution is -2.30. The van der Waals surface area contributed by atoms with E-state index < -0.39 is 0 Å². The zero-order chi connectivity index (χ0) is 15.0. The van der Waals surface area contributed by atoms with Gasteiger partial charge >= 0.3 is 0 Å². The Bertz CT molecular complexity index is 401. The highest BCUT2D eigenvalue weighted by Crippen LogP contribution is 2.18. The van der Waals surface area contributed by atoms with E-state index in [1.165, 1.54) is 5.56 Å². The predicted molar refractivity (Wildman–Crippen MR) is 79.8 cm³/mol. The fourth-order valence-corrected chi connectivity index (χ4v) is 1.84. The SMILES string of the molecule is COCCOCC(=O)NC(C)c1ccc(C(C)C)cc1. The summed E-state index contributed by atoms with van der Waals surface area (Å²) in [5, 5.41) is 2.92. The molecule has 0 aliphatic rings. The van der Waals surface area contributed by atoms with Gasteiger partial charge in [0.05, 0.1) is 19.3 Å². The van der Waals surface area contributed by atoms with Gasteiger partial charge in [-0.3, -0.25) is 4.79 Å². The van der Waals surface area contributed by atoms with Crippen LogP contribution in [0, 0.1) is 0 Å². The maximum atomic E-state index is 11.7. The monoisotopic (exact) mass is 279 g/mol. The van der Waals surface area contributed by atoms with Crippen molar-refractivity contribution in [2.45, 2.75) is 32.7 Å². The second-order valence-corrected chi connectivity index (χ2v) is 5.16. The number of hydrogen-bond acceptors (Lipinski definition) is 3. The first-order valence-electron chi connectivity index (χ1n) is 7.00. The fraction of sp³-hybridized carbons (Fsp3) is 0.562. The molecular weight excluding hydrogens is 254 g/mol. The van der Waals surface area contributed by atoms with Gasteiger partial charge in [0, 0.05) is 7.11 Å². The number of rotatable bonds is 8. The van der Waals surface area contributed by atoms with Crippen molar-refractivity contribution in [1.82, 2.24) is 5.32 Å². The van der Waals surface area contributed by atoms with Crippen molar-refractivity contribution in [3.05, 3.63) is 35.4 Å². The number of ether oxygens (including phenoxy) is 2. The van der Waals surface area contributed by atoms with E-state index >= 15 is 0 Å². The smallest absolute Gasteiger partial charge is 0.246 e. The van der Waals surface area contributed by atoms with Crippen LogP contribution in [0.5, 0.6) is 0 Å². The van der Waals surface area contributed by atoms with Crippen LogP contribution in [0.25, 0.3) is 0 Å². The zero-order valence-electron chi connectivity index (χ0n) is 12.8. The molecule has 0 aliphatic heterocycles. The van der Waals surface area contributed by atoms with E-state index in [2.05, 4.69) is 43.4 Å². The number of amides is 1. The molecule has 1 amide bonds. The van der Waals surface area contributed by atoms with Crippen LogP contribution in [-0.2, 0) is 14.3 Å². The summed E-state index contributed by atoms with van der Waals surface area (Å²) in [4.78, 5) is 11.7. The van der Waals surface area contributed by atoms with Crippen LogP contribution in [0.4, 0.5) is 0 Å². The standard InChI is InChI=1S/C16H25NO3/c1-12(2)14-5-7-15(8-6-14)13(3)17-16(18)11-20-10-9-19-4/h5-8,12-13H,9-11H2,1-4H3,(H,17,18). The molecule has 1 aromatic carbocycles. The number of carbonyl (C=O) groups excluding carboxylic acids is 1. The highest BCUT2D eigenvalue weighted by Gasteiger charge is 2.10. The molecule has 0 spiro atoms. The first-order valence-corrected chi connectivity index (χ1v) is 7.00. The number of hydrogen-bond donors (Lipinski definition) is 1. The maximum Gasteiger partial charge on any atom is 0.246 e. The summed E-state index contributed by atoms with van der Waals surface area (Å²) < 4.78 is 10.0. The van der Waals surface area contributed by atoms with E-state index in [0.717, 1.165) is 5.56 Å². The molecule has 1 atom stereocenters. The Morgan fingerprint density at radius 1 is 1.10 bits per heavy atom. The third-order valence-corrected chi connectivity index (χ3v) is 3.15. The Balaban J connectivity index is 2.41. The summed E-state index contributed by atoms with van der Waals surface area (Å²) in [5.41, 5.74) is 2.40. The van der Waals surface area contributed by atoms with E-state index in [0.29, 0.717) is 19.1 Å². The van der Waals surface area contributed by atoms with E-state index in [1.54, 1.807) is 7.11 Å². The minimum Gasteiger partial charge on any atom is -0.382 e. The Morgan fingerprint density at radius 2 is 1.70 bits per heavy atom. The van der Waals surface area contributed by atoms with Crippen molar-refractivity contribution < 1.29 is 14.3 Å². The molecular formula is C16H25NO3. The van der Waals surface area contributed by atoms with Gasteiger partial charge in [0.2, 0.25) is 5.91 Å². The van der Waals surface area contributed by atoms with Gasteiger partial charge in [-0.25, -0.2) is 0 Å². The van der Waals surface area contributed by atoms with Crippen LogP contribution < -0.4 is 5.32 Å². The van der Waals surface area contributed by atoms with Gasteiger partial charge in [0.25, 0.3) is 0 Å². The van der Waals surface area contributed by atoms with Gasteiger partial charge in [0.15, 0.2) is 0 Å². The van der Waals surface area contributed by atoms with Crippen molar-refractivity contribution in [3.63, 3.8) is 0 Å².